The summed E-state index contributed by atoms with van der Waals surface area (Å²) in [6.07, 6.45) is 0.543. The molecule has 0 heterocycles. The number of likely N-dealkylation sites (N-methyl/N-ethyl adjacent to an activating group) is 1. The highest BCUT2D eigenvalue weighted by molar-refractivity contribution is 6.37. The minimum Gasteiger partial charge on any atom is -0.489 e. The van der Waals surface area contributed by atoms with Crippen molar-refractivity contribution in [1.82, 2.24) is 0 Å². The largest absolute Gasteiger partial charge is 0.489 e. The second-order valence-electron chi connectivity index (χ2n) is 7.23. The molecule has 0 unspecified atom stereocenters. The first-order chi connectivity index (χ1) is 13.2. The second kappa shape index (κ2) is 9.87. The van der Waals surface area contributed by atoms with E-state index in [1.165, 1.54) is 0 Å². The molecule has 2 aromatic rings. The van der Waals surface area contributed by atoms with E-state index >= 15 is 0 Å². The third kappa shape index (κ3) is 5.34. The molecule has 0 atom stereocenters. The quantitative estimate of drug-likeness (QED) is 0.424. The molecule has 28 heavy (non-hydrogen) atoms. The SMILES string of the molecule is CCC(=O)CN(C)c1ccc(C(C)(C)c2cc(Cl)c(OCCCl)c(Cl)c2)cc1. The maximum atomic E-state index is 11.7. The van der Waals surface area contributed by atoms with Crippen molar-refractivity contribution >= 4 is 46.3 Å². The van der Waals surface area contributed by atoms with E-state index in [0.717, 1.165) is 16.8 Å². The van der Waals surface area contributed by atoms with Gasteiger partial charge in [0.2, 0.25) is 0 Å². The van der Waals surface area contributed by atoms with Crippen molar-refractivity contribution in [3.63, 3.8) is 0 Å². The number of halogens is 3. The number of hydrogen-bond donors (Lipinski definition) is 0. The van der Waals surface area contributed by atoms with Crippen LogP contribution in [0.5, 0.6) is 5.75 Å². The van der Waals surface area contributed by atoms with E-state index in [1.54, 1.807) is 0 Å². The van der Waals surface area contributed by atoms with Crippen LogP contribution in [0.2, 0.25) is 10.0 Å². The zero-order chi connectivity index (χ0) is 20.9. The van der Waals surface area contributed by atoms with Crippen molar-refractivity contribution in [2.45, 2.75) is 32.6 Å². The van der Waals surface area contributed by atoms with Gasteiger partial charge in [-0.3, -0.25) is 4.79 Å². The van der Waals surface area contributed by atoms with Crippen LogP contribution in [0.4, 0.5) is 5.69 Å². The highest BCUT2D eigenvalue weighted by atomic mass is 35.5. The Morgan fingerprint density at radius 2 is 1.64 bits per heavy atom. The normalized spacial score (nSPS) is 11.4. The van der Waals surface area contributed by atoms with Crippen LogP contribution < -0.4 is 9.64 Å². The fraction of sp³-hybridized carbons (Fsp3) is 0.409. The molecule has 0 fully saturated rings. The highest BCUT2D eigenvalue weighted by Crippen LogP contribution is 2.40. The van der Waals surface area contributed by atoms with E-state index < -0.39 is 0 Å². The molecule has 0 bridgehead atoms. The van der Waals surface area contributed by atoms with E-state index in [-0.39, 0.29) is 11.2 Å². The van der Waals surface area contributed by atoms with Crippen molar-refractivity contribution in [3.8, 4) is 5.75 Å². The first kappa shape index (κ1) is 22.9. The van der Waals surface area contributed by atoms with Gasteiger partial charge >= 0.3 is 0 Å². The van der Waals surface area contributed by atoms with Crippen LogP contribution in [0.3, 0.4) is 0 Å². The molecule has 0 saturated carbocycles. The molecule has 152 valence electrons. The summed E-state index contributed by atoms with van der Waals surface area (Å²) >= 11 is 18.5. The highest BCUT2D eigenvalue weighted by Gasteiger charge is 2.25. The van der Waals surface area contributed by atoms with Gasteiger partial charge in [0.25, 0.3) is 0 Å². The van der Waals surface area contributed by atoms with E-state index in [2.05, 4.69) is 26.0 Å². The summed E-state index contributed by atoms with van der Waals surface area (Å²) in [6, 6.07) is 12.0. The average molecular weight is 443 g/mol. The van der Waals surface area contributed by atoms with Gasteiger partial charge in [0.15, 0.2) is 11.5 Å². The molecule has 2 rings (SSSR count). The van der Waals surface area contributed by atoms with E-state index in [1.807, 2.05) is 43.1 Å². The van der Waals surface area contributed by atoms with Gasteiger partial charge in [-0.05, 0) is 35.4 Å². The Morgan fingerprint density at radius 3 is 2.14 bits per heavy atom. The van der Waals surface area contributed by atoms with E-state index in [0.29, 0.717) is 41.2 Å². The lowest BCUT2D eigenvalue weighted by Gasteiger charge is -2.28. The number of carbonyl (C=O) groups is 1. The first-order valence-electron chi connectivity index (χ1n) is 9.22. The van der Waals surface area contributed by atoms with Gasteiger partial charge in [-0.1, -0.05) is 56.1 Å². The summed E-state index contributed by atoms with van der Waals surface area (Å²) in [5.74, 6) is 1.04. The number of carbonyl (C=O) groups excluding carboxylic acids is 1. The zero-order valence-electron chi connectivity index (χ0n) is 16.7. The van der Waals surface area contributed by atoms with Crippen LogP contribution in [0.25, 0.3) is 0 Å². The van der Waals surface area contributed by atoms with Crippen molar-refractivity contribution in [2.75, 3.05) is 31.0 Å². The third-order valence-corrected chi connectivity index (χ3v) is 5.60. The standard InChI is InChI=1S/C22H26Cl3NO2/c1-5-18(27)14-26(4)17-8-6-15(7-9-17)22(2,3)16-12-19(24)21(20(25)13-16)28-11-10-23/h6-9,12-13H,5,10-11,14H2,1-4H3. The van der Waals surface area contributed by atoms with Crippen LogP contribution in [0.15, 0.2) is 36.4 Å². The zero-order valence-corrected chi connectivity index (χ0v) is 19.0. The number of ether oxygens (including phenoxy) is 1. The maximum absolute atomic E-state index is 11.7. The molecule has 0 aliphatic rings. The van der Waals surface area contributed by atoms with Crippen molar-refractivity contribution < 1.29 is 9.53 Å². The number of benzene rings is 2. The smallest absolute Gasteiger partial charge is 0.156 e. The number of rotatable bonds is 9. The molecule has 0 spiro atoms. The van der Waals surface area contributed by atoms with Gasteiger partial charge in [0, 0.05) is 24.6 Å². The summed E-state index contributed by atoms with van der Waals surface area (Å²) in [5.41, 5.74) is 2.80. The Morgan fingerprint density at radius 1 is 1.07 bits per heavy atom. The van der Waals surface area contributed by atoms with Crippen LogP contribution in [0.1, 0.15) is 38.3 Å². The Bertz CT molecular complexity index is 796. The van der Waals surface area contributed by atoms with Gasteiger partial charge < -0.3 is 9.64 Å². The third-order valence-electron chi connectivity index (χ3n) is 4.88. The average Bonchev–Trinajstić information content (AvgIpc) is 2.67. The van der Waals surface area contributed by atoms with Gasteiger partial charge in [-0.15, -0.1) is 11.6 Å². The monoisotopic (exact) mass is 441 g/mol. The molecule has 0 amide bonds. The molecule has 2 aromatic carbocycles. The predicted octanol–water partition coefficient (Wildman–Crippen LogP) is 6.35. The fourth-order valence-corrected chi connectivity index (χ4v) is 3.64. The lowest BCUT2D eigenvalue weighted by Crippen LogP contribution is -2.25. The molecular weight excluding hydrogens is 417 g/mol. The molecule has 3 nitrogen and oxygen atoms in total. The summed E-state index contributed by atoms with van der Waals surface area (Å²) in [7, 11) is 1.92. The summed E-state index contributed by atoms with van der Waals surface area (Å²) in [6.45, 7) is 6.87. The van der Waals surface area contributed by atoms with E-state index in [4.69, 9.17) is 39.5 Å². The van der Waals surface area contributed by atoms with Gasteiger partial charge in [-0.25, -0.2) is 0 Å². The fourth-order valence-electron chi connectivity index (χ4n) is 2.97. The number of Topliss-reactive ketones (excluding diaryl/α,β-unsaturated/α-hetero) is 1. The molecule has 0 saturated heterocycles. The van der Waals surface area contributed by atoms with Gasteiger partial charge in [0.05, 0.1) is 22.5 Å². The second-order valence-corrected chi connectivity index (χ2v) is 8.42. The Balaban J connectivity index is 2.28. The number of ketones is 1. The minimum absolute atomic E-state index is 0.215. The lowest BCUT2D eigenvalue weighted by atomic mass is 9.78. The topological polar surface area (TPSA) is 29.5 Å². The summed E-state index contributed by atoms with van der Waals surface area (Å²) in [4.78, 5) is 13.6. The number of anilines is 1. The van der Waals surface area contributed by atoms with Crippen LogP contribution >= 0.6 is 34.8 Å². The summed E-state index contributed by atoms with van der Waals surface area (Å²) in [5, 5.41) is 0.935. The molecule has 0 aromatic heterocycles. The van der Waals surface area contributed by atoms with Crippen LogP contribution in [-0.4, -0.2) is 31.9 Å². The maximum Gasteiger partial charge on any atom is 0.156 e. The minimum atomic E-state index is -0.311. The number of alkyl halides is 1. The van der Waals surface area contributed by atoms with Crippen molar-refractivity contribution in [2.24, 2.45) is 0 Å². The number of nitrogens with zero attached hydrogens (tertiary/aromatic N) is 1. The molecule has 0 aliphatic carbocycles. The summed E-state index contributed by atoms with van der Waals surface area (Å²) < 4.78 is 5.54. The Hall–Kier alpha value is -1.42. The lowest BCUT2D eigenvalue weighted by molar-refractivity contribution is -0.117. The van der Waals surface area contributed by atoms with Crippen molar-refractivity contribution in [1.29, 1.82) is 0 Å². The van der Waals surface area contributed by atoms with Crippen LogP contribution in [0, 0.1) is 0 Å². The Labute approximate surface area is 182 Å². The molecular formula is C22H26Cl3NO2. The van der Waals surface area contributed by atoms with Crippen molar-refractivity contribution in [3.05, 3.63) is 57.6 Å². The van der Waals surface area contributed by atoms with Gasteiger partial charge in [-0.2, -0.15) is 0 Å². The molecule has 6 heteroatoms. The Kier molecular flexibility index (Phi) is 8.06. The van der Waals surface area contributed by atoms with E-state index in [9.17, 15) is 4.79 Å². The first-order valence-corrected chi connectivity index (χ1v) is 10.5. The van der Waals surface area contributed by atoms with Gasteiger partial charge in [0.1, 0.15) is 6.61 Å². The molecule has 0 radical (unpaired) electrons. The number of hydrogen-bond acceptors (Lipinski definition) is 3. The predicted molar refractivity (Wildman–Crippen MR) is 120 cm³/mol. The van der Waals surface area contributed by atoms with Crippen LogP contribution in [-0.2, 0) is 10.2 Å². The molecule has 0 N–H and O–H groups in total. The molecule has 0 aliphatic heterocycles.